The fourth-order valence-electron chi connectivity index (χ4n) is 4.65. The van der Waals surface area contributed by atoms with E-state index in [1.807, 2.05) is 11.0 Å². The number of fused-ring (bicyclic) bond motifs is 1. The van der Waals surface area contributed by atoms with E-state index in [0.717, 1.165) is 6.54 Å². The van der Waals surface area contributed by atoms with E-state index in [1.54, 1.807) is 24.3 Å². The molecule has 6 heteroatoms. The zero-order valence-electron chi connectivity index (χ0n) is 18.2. The Hall–Kier alpha value is -2.99. The van der Waals surface area contributed by atoms with Gasteiger partial charge in [-0.2, -0.15) is 0 Å². The van der Waals surface area contributed by atoms with Crippen molar-refractivity contribution in [1.82, 2.24) is 14.7 Å². The fraction of sp³-hybridized carbons (Fsp3) is 0.400. The number of amides is 3. The lowest BCUT2D eigenvalue weighted by atomic mass is 10.1. The van der Waals surface area contributed by atoms with E-state index in [0.29, 0.717) is 37.1 Å². The first-order chi connectivity index (χ1) is 15.0. The molecule has 31 heavy (non-hydrogen) atoms. The van der Waals surface area contributed by atoms with Gasteiger partial charge in [0, 0.05) is 44.7 Å². The Bertz CT molecular complexity index is 928. The Morgan fingerprint density at radius 3 is 2.00 bits per heavy atom. The minimum Gasteiger partial charge on any atom is -0.340 e. The minimum absolute atomic E-state index is 0.0923. The van der Waals surface area contributed by atoms with Crippen LogP contribution in [0.2, 0.25) is 0 Å². The van der Waals surface area contributed by atoms with Crippen LogP contribution in [0.3, 0.4) is 0 Å². The topological polar surface area (TPSA) is 60.9 Å². The van der Waals surface area contributed by atoms with Gasteiger partial charge in [-0.05, 0) is 38.0 Å². The molecule has 0 bridgehead atoms. The maximum atomic E-state index is 12.8. The molecule has 6 nitrogen and oxygen atoms in total. The van der Waals surface area contributed by atoms with E-state index >= 15 is 0 Å². The van der Waals surface area contributed by atoms with Gasteiger partial charge in [0.05, 0.1) is 11.1 Å². The SMILES string of the molecule is CC1CN(C(=O)CCCN2C(=O)c3ccccc3C2=O)CC(C)N1Cc1ccccc1. The van der Waals surface area contributed by atoms with Crippen LogP contribution in [0.15, 0.2) is 54.6 Å². The first-order valence-corrected chi connectivity index (χ1v) is 11.0. The Morgan fingerprint density at radius 2 is 1.42 bits per heavy atom. The molecule has 2 aromatic carbocycles. The Morgan fingerprint density at radius 1 is 0.871 bits per heavy atom. The molecular weight excluding hydrogens is 390 g/mol. The lowest BCUT2D eigenvalue weighted by Gasteiger charge is -2.44. The summed E-state index contributed by atoms with van der Waals surface area (Å²) in [7, 11) is 0. The molecule has 3 amide bonds. The lowest BCUT2D eigenvalue weighted by molar-refractivity contribution is -0.135. The largest absolute Gasteiger partial charge is 0.340 e. The molecule has 0 aliphatic carbocycles. The molecule has 0 spiro atoms. The summed E-state index contributed by atoms with van der Waals surface area (Å²) in [6.07, 6.45) is 0.822. The van der Waals surface area contributed by atoms with Crippen LogP contribution in [0.1, 0.15) is 53.0 Å². The number of hydrogen-bond donors (Lipinski definition) is 0. The van der Waals surface area contributed by atoms with Crippen LogP contribution >= 0.6 is 0 Å². The number of carbonyl (C=O) groups excluding carboxylic acids is 3. The number of benzene rings is 2. The summed E-state index contributed by atoms with van der Waals surface area (Å²) in [5.41, 5.74) is 2.19. The highest BCUT2D eigenvalue weighted by atomic mass is 16.2. The summed E-state index contributed by atoms with van der Waals surface area (Å²) < 4.78 is 0. The van der Waals surface area contributed by atoms with Crippen molar-refractivity contribution in [3.05, 3.63) is 71.3 Å². The van der Waals surface area contributed by atoms with Crippen LogP contribution in [-0.2, 0) is 11.3 Å². The molecule has 2 aliphatic rings. The molecule has 4 rings (SSSR count). The van der Waals surface area contributed by atoms with Gasteiger partial charge in [0.2, 0.25) is 5.91 Å². The van der Waals surface area contributed by atoms with Crippen molar-refractivity contribution < 1.29 is 14.4 Å². The molecule has 2 aromatic rings. The van der Waals surface area contributed by atoms with Crippen LogP contribution in [-0.4, -0.2) is 64.1 Å². The quantitative estimate of drug-likeness (QED) is 0.675. The number of piperazine rings is 1. The van der Waals surface area contributed by atoms with Gasteiger partial charge in [-0.15, -0.1) is 0 Å². The second-order valence-electron chi connectivity index (χ2n) is 8.57. The standard InChI is InChI=1S/C25H29N3O3/c1-18-15-26(16-19(2)28(18)17-20-9-4-3-5-10-20)23(29)13-8-14-27-24(30)21-11-6-7-12-22(21)25(27)31/h3-7,9-12,18-19H,8,13-17H2,1-2H3. The van der Waals surface area contributed by atoms with Crippen molar-refractivity contribution in [2.75, 3.05) is 19.6 Å². The van der Waals surface area contributed by atoms with Crippen LogP contribution in [0, 0.1) is 0 Å². The zero-order chi connectivity index (χ0) is 22.0. The van der Waals surface area contributed by atoms with Crippen molar-refractivity contribution >= 4 is 17.7 Å². The summed E-state index contributed by atoms with van der Waals surface area (Å²) in [4.78, 5) is 43.4. The highest BCUT2D eigenvalue weighted by molar-refractivity contribution is 6.21. The van der Waals surface area contributed by atoms with Crippen LogP contribution in [0.4, 0.5) is 0 Å². The van der Waals surface area contributed by atoms with Crippen molar-refractivity contribution in [3.63, 3.8) is 0 Å². The summed E-state index contributed by atoms with van der Waals surface area (Å²) in [5, 5.41) is 0. The normalized spacial score (nSPS) is 21.5. The molecule has 1 fully saturated rings. The third-order valence-corrected chi connectivity index (χ3v) is 6.31. The van der Waals surface area contributed by atoms with E-state index in [2.05, 4.69) is 43.0 Å². The van der Waals surface area contributed by atoms with Gasteiger partial charge in [0.25, 0.3) is 11.8 Å². The van der Waals surface area contributed by atoms with Gasteiger partial charge in [-0.25, -0.2) is 0 Å². The molecule has 2 heterocycles. The predicted molar refractivity (Wildman–Crippen MR) is 119 cm³/mol. The molecule has 2 atom stereocenters. The molecule has 2 unspecified atom stereocenters. The van der Waals surface area contributed by atoms with E-state index in [4.69, 9.17) is 0 Å². The van der Waals surface area contributed by atoms with Gasteiger partial charge < -0.3 is 4.90 Å². The predicted octanol–water partition coefficient (Wildman–Crippen LogP) is 3.18. The Labute approximate surface area is 183 Å². The molecule has 0 N–H and O–H groups in total. The summed E-state index contributed by atoms with van der Waals surface area (Å²) in [6, 6.07) is 17.8. The van der Waals surface area contributed by atoms with Crippen LogP contribution in [0.5, 0.6) is 0 Å². The van der Waals surface area contributed by atoms with Gasteiger partial charge in [0.1, 0.15) is 0 Å². The van der Waals surface area contributed by atoms with Crippen LogP contribution < -0.4 is 0 Å². The average Bonchev–Trinajstić information content (AvgIpc) is 3.02. The van der Waals surface area contributed by atoms with Gasteiger partial charge in [-0.1, -0.05) is 42.5 Å². The zero-order valence-corrected chi connectivity index (χ0v) is 18.2. The van der Waals surface area contributed by atoms with Crippen molar-refractivity contribution in [2.24, 2.45) is 0 Å². The maximum Gasteiger partial charge on any atom is 0.261 e. The molecule has 1 saturated heterocycles. The fourth-order valence-corrected chi connectivity index (χ4v) is 4.65. The highest BCUT2D eigenvalue weighted by Crippen LogP contribution is 2.23. The monoisotopic (exact) mass is 419 g/mol. The maximum absolute atomic E-state index is 12.8. The number of hydrogen-bond acceptors (Lipinski definition) is 4. The molecular formula is C25H29N3O3. The third kappa shape index (κ3) is 4.39. The number of rotatable bonds is 6. The smallest absolute Gasteiger partial charge is 0.261 e. The third-order valence-electron chi connectivity index (χ3n) is 6.31. The molecule has 0 aromatic heterocycles. The van der Waals surface area contributed by atoms with Gasteiger partial charge >= 0.3 is 0 Å². The van der Waals surface area contributed by atoms with E-state index in [9.17, 15) is 14.4 Å². The van der Waals surface area contributed by atoms with E-state index < -0.39 is 0 Å². The first-order valence-electron chi connectivity index (χ1n) is 11.0. The van der Waals surface area contributed by atoms with Crippen molar-refractivity contribution in [1.29, 1.82) is 0 Å². The van der Waals surface area contributed by atoms with Gasteiger partial charge in [0.15, 0.2) is 0 Å². The number of nitrogens with zero attached hydrogens (tertiary/aromatic N) is 3. The minimum atomic E-state index is -0.259. The first kappa shape index (κ1) is 21.2. The van der Waals surface area contributed by atoms with E-state index in [1.165, 1.54) is 10.5 Å². The summed E-state index contributed by atoms with van der Waals surface area (Å²) in [6.45, 7) is 6.88. The molecule has 2 aliphatic heterocycles. The average molecular weight is 420 g/mol. The summed E-state index contributed by atoms with van der Waals surface area (Å²) in [5.74, 6) is -0.427. The van der Waals surface area contributed by atoms with E-state index in [-0.39, 0.29) is 36.3 Å². The van der Waals surface area contributed by atoms with Gasteiger partial charge in [-0.3, -0.25) is 24.2 Å². The summed E-state index contributed by atoms with van der Waals surface area (Å²) >= 11 is 0. The lowest BCUT2D eigenvalue weighted by Crippen LogP contribution is -2.57. The van der Waals surface area contributed by atoms with Crippen molar-refractivity contribution in [2.45, 2.75) is 45.3 Å². The molecule has 162 valence electrons. The Kier molecular flexibility index (Phi) is 6.18. The molecule has 0 radical (unpaired) electrons. The molecule has 0 saturated carbocycles. The number of carbonyl (C=O) groups is 3. The number of imide groups is 1. The Balaban J connectivity index is 1.28. The second-order valence-corrected chi connectivity index (χ2v) is 8.57. The highest BCUT2D eigenvalue weighted by Gasteiger charge is 2.35. The second kappa shape index (κ2) is 9.02. The van der Waals surface area contributed by atoms with Crippen LogP contribution in [0.25, 0.3) is 0 Å². The van der Waals surface area contributed by atoms with Crippen molar-refractivity contribution in [3.8, 4) is 0 Å².